The predicted octanol–water partition coefficient (Wildman–Crippen LogP) is 4.04. The maximum absolute atomic E-state index is 11.9. The lowest BCUT2D eigenvalue weighted by Gasteiger charge is -2.09. The minimum absolute atomic E-state index is 0.444. The fourth-order valence-electron chi connectivity index (χ4n) is 2.34. The molecule has 3 nitrogen and oxygen atoms in total. The van der Waals surface area contributed by atoms with Crippen LogP contribution in [0.4, 0.5) is 0 Å². The van der Waals surface area contributed by atoms with Gasteiger partial charge in [-0.3, -0.25) is 0 Å². The first-order chi connectivity index (χ1) is 10.3. The first kappa shape index (κ1) is 13.9. The Balaban J connectivity index is 2.09. The molecule has 0 spiro atoms. The Labute approximate surface area is 126 Å². The molecule has 108 valence electrons. The summed E-state index contributed by atoms with van der Waals surface area (Å²) in [5.41, 5.74) is 0. The Morgan fingerprint density at radius 3 is 2.19 bits per heavy atom. The molecule has 0 unspecified atom stereocenters. The summed E-state index contributed by atoms with van der Waals surface area (Å²) in [6.07, 6.45) is 1.42. The Morgan fingerprint density at radius 1 is 1.05 bits per heavy atom. The van der Waals surface area contributed by atoms with E-state index in [0.717, 1.165) is 22.2 Å². The molecule has 0 bridgehead atoms. The number of ether oxygens (including phenoxy) is 1. The molecule has 2 aromatic carbocycles. The molecule has 0 aliphatic carbocycles. The van der Waals surface area contributed by atoms with E-state index < -0.39 is 16.7 Å². The van der Waals surface area contributed by atoms with Gasteiger partial charge in [-0.2, -0.15) is 0 Å². The van der Waals surface area contributed by atoms with Crippen LogP contribution < -0.4 is 5.11 Å². The van der Waals surface area contributed by atoms with Gasteiger partial charge in [0.2, 0.25) is 15.5 Å². The van der Waals surface area contributed by atoms with E-state index in [-0.39, 0.29) is 0 Å². The molecule has 0 saturated carbocycles. The van der Waals surface area contributed by atoms with Crippen LogP contribution in [-0.2, 0) is 4.74 Å². The zero-order valence-electron chi connectivity index (χ0n) is 11.9. The molecule has 3 aromatic rings. The largest absolute Gasteiger partial charge is 0.597 e. The number of fused-ring (bicyclic) bond motifs is 3. The number of unbranched alkanes of at least 4 members (excludes halogenated alkanes) is 1. The van der Waals surface area contributed by atoms with Gasteiger partial charge in [-0.1, -0.05) is 37.6 Å². The molecule has 21 heavy (non-hydrogen) atoms. The van der Waals surface area contributed by atoms with Crippen LogP contribution in [0.25, 0.3) is 20.2 Å². The third-order valence-corrected chi connectivity index (χ3v) is 5.25. The van der Waals surface area contributed by atoms with E-state index in [1.54, 1.807) is 0 Å². The van der Waals surface area contributed by atoms with Crippen LogP contribution in [0.15, 0.2) is 52.9 Å². The van der Waals surface area contributed by atoms with Gasteiger partial charge >= 0.3 is 0 Å². The van der Waals surface area contributed by atoms with Crippen molar-refractivity contribution in [2.24, 2.45) is 4.40 Å². The normalized spacial score (nSPS) is 12.1. The molecule has 0 aliphatic heterocycles. The molecule has 0 fully saturated rings. The van der Waals surface area contributed by atoms with Crippen LogP contribution in [0.1, 0.15) is 19.8 Å². The molecule has 0 N–H and O–H groups in total. The fourth-order valence-corrected chi connectivity index (χ4v) is 4.16. The number of benzene rings is 2. The van der Waals surface area contributed by atoms with Crippen molar-refractivity contribution in [1.29, 1.82) is 0 Å². The first-order valence-electron chi connectivity index (χ1n) is 7.12. The quantitative estimate of drug-likeness (QED) is 0.316. The summed E-state index contributed by atoms with van der Waals surface area (Å²) in [5, 5.41) is 14.2. The van der Waals surface area contributed by atoms with Gasteiger partial charge < -0.3 is 9.84 Å². The molecule has 3 rings (SSSR count). The Morgan fingerprint density at radius 2 is 1.62 bits per heavy atom. The number of nitrogens with zero attached hydrogens (tertiary/aromatic N) is 1. The van der Waals surface area contributed by atoms with Crippen molar-refractivity contribution in [3.05, 3.63) is 48.5 Å². The standard InChI is InChI=1S/C17H17NO2S/c1-2-3-12-20-17(19)18-21-15-10-6-4-8-13(15)14-9-5-7-11-16(14)21/h4-11H,2-3,12H2,1H3. The highest BCUT2D eigenvalue weighted by Crippen LogP contribution is 2.43. The second-order valence-corrected chi connectivity index (χ2v) is 6.47. The highest BCUT2D eigenvalue weighted by Gasteiger charge is 2.20. The highest BCUT2D eigenvalue weighted by molar-refractivity contribution is 7.42. The lowest BCUT2D eigenvalue weighted by atomic mass is 10.2. The molecule has 0 radical (unpaired) electrons. The minimum Gasteiger partial charge on any atom is -0.597 e. The third kappa shape index (κ3) is 2.72. The third-order valence-electron chi connectivity index (χ3n) is 3.37. The Kier molecular flexibility index (Phi) is 4.06. The highest BCUT2D eigenvalue weighted by atomic mass is 32.2. The molecular weight excluding hydrogens is 282 g/mol. The topological polar surface area (TPSA) is 44.6 Å². The van der Waals surface area contributed by atoms with Crippen molar-refractivity contribution in [2.75, 3.05) is 6.61 Å². The smallest absolute Gasteiger partial charge is 0.212 e. The van der Waals surface area contributed by atoms with Gasteiger partial charge in [0.05, 0.1) is 0 Å². The summed E-state index contributed by atoms with van der Waals surface area (Å²) in [7, 11) is -0.562. The van der Waals surface area contributed by atoms with Gasteiger partial charge in [-0.15, -0.1) is 0 Å². The molecule has 1 aromatic heterocycles. The summed E-state index contributed by atoms with van der Waals surface area (Å²) in [5.74, 6) is 0. The second-order valence-electron chi connectivity index (χ2n) is 4.84. The van der Waals surface area contributed by atoms with Gasteiger partial charge in [-0.25, -0.2) is 0 Å². The van der Waals surface area contributed by atoms with Crippen LogP contribution in [0.3, 0.4) is 0 Å². The van der Waals surface area contributed by atoms with Crippen molar-refractivity contribution in [2.45, 2.75) is 19.8 Å². The lowest BCUT2D eigenvalue weighted by Crippen LogP contribution is -2.21. The van der Waals surface area contributed by atoms with Crippen LogP contribution in [-0.4, -0.2) is 12.7 Å². The van der Waals surface area contributed by atoms with Gasteiger partial charge in [0.1, 0.15) is 10.7 Å². The maximum atomic E-state index is 11.9. The van der Waals surface area contributed by atoms with E-state index in [9.17, 15) is 5.11 Å². The van der Waals surface area contributed by atoms with Crippen molar-refractivity contribution < 1.29 is 9.84 Å². The number of hydrogen-bond donors (Lipinski definition) is 0. The van der Waals surface area contributed by atoms with Gasteiger partial charge in [-0.05, 0) is 29.6 Å². The molecule has 0 aliphatic rings. The maximum Gasteiger partial charge on any atom is 0.212 e. The van der Waals surface area contributed by atoms with Crippen molar-refractivity contribution >= 4 is 36.9 Å². The number of rotatable bonds is 4. The van der Waals surface area contributed by atoms with Gasteiger partial charge in [0, 0.05) is 22.9 Å². The lowest BCUT2D eigenvalue weighted by molar-refractivity contribution is -0.249. The number of hydrogen-bond acceptors (Lipinski definition) is 3. The monoisotopic (exact) mass is 299 g/mol. The molecular formula is C17H17NO2S. The SMILES string of the molecule is CCCCO/C([O-])=N/[s+]1c2ccccc2c2ccccc21. The van der Waals surface area contributed by atoms with Crippen LogP contribution in [0, 0.1) is 0 Å². The Hall–Kier alpha value is -2.07. The number of thiophene rings is 1. The molecule has 4 heteroatoms. The second kappa shape index (κ2) is 6.14. The Bertz CT molecular complexity index is 738. The van der Waals surface area contributed by atoms with Gasteiger partial charge in [0.15, 0.2) is 0 Å². The van der Waals surface area contributed by atoms with Gasteiger partial charge in [0.25, 0.3) is 0 Å². The van der Waals surface area contributed by atoms with E-state index in [1.807, 2.05) is 36.4 Å². The van der Waals surface area contributed by atoms with E-state index in [1.165, 1.54) is 10.8 Å². The van der Waals surface area contributed by atoms with E-state index >= 15 is 0 Å². The predicted molar refractivity (Wildman–Crippen MR) is 87.6 cm³/mol. The van der Waals surface area contributed by atoms with E-state index in [0.29, 0.717) is 6.61 Å². The van der Waals surface area contributed by atoms with Crippen molar-refractivity contribution in [3.8, 4) is 0 Å². The van der Waals surface area contributed by atoms with E-state index in [4.69, 9.17) is 4.74 Å². The summed E-state index contributed by atoms with van der Waals surface area (Å²) < 4.78 is 11.7. The minimum atomic E-state index is -0.562. The van der Waals surface area contributed by atoms with Crippen molar-refractivity contribution in [3.63, 3.8) is 0 Å². The molecule has 0 amide bonds. The first-order valence-corrected chi connectivity index (χ1v) is 8.30. The van der Waals surface area contributed by atoms with Crippen LogP contribution >= 0.6 is 10.7 Å². The molecule has 0 atom stereocenters. The zero-order valence-corrected chi connectivity index (χ0v) is 12.7. The summed E-state index contributed by atoms with van der Waals surface area (Å²) in [6.45, 7) is 2.51. The van der Waals surface area contributed by atoms with Crippen LogP contribution in [0.5, 0.6) is 0 Å². The zero-order chi connectivity index (χ0) is 14.7. The molecule has 1 heterocycles. The average molecular weight is 299 g/mol. The average Bonchev–Trinajstić information content (AvgIpc) is 2.83. The molecule has 0 saturated heterocycles. The summed E-state index contributed by atoms with van der Waals surface area (Å²) in [4.78, 5) is 0. The van der Waals surface area contributed by atoms with Crippen LogP contribution in [0.2, 0.25) is 0 Å². The van der Waals surface area contributed by atoms with Crippen molar-refractivity contribution in [1.82, 2.24) is 0 Å². The van der Waals surface area contributed by atoms with E-state index in [2.05, 4.69) is 23.5 Å². The summed E-state index contributed by atoms with van der Waals surface area (Å²) >= 11 is 0. The summed E-state index contributed by atoms with van der Waals surface area (Å²) in [6, 6.07) is 16.3. The fraction of sp³-hybridized carbons (Fsp3) is 0.235.